The Morgan fingerprint density at radius 2 is 1.96 bits per heavy atom. The SMILES string of the molecule is CC(C)c1n[nH]c(CC2CCN(C(=O)c3ccc(-n4cccc4)nc3)CC2)n1. The molecule has 0 saturated carbocycles. The average molecular weight is 378 g/mol. The summed E-state index contributed by atoms with van der Waals surface area (Å²) in [6.45, 7) is 5.73. The van der Waals surface area contributed by atoms with E-state index >= 15 is 0 Å². The van der Waals surface area contributed by atoms with Crippen LogP contribution < -0.4 is 0 Å². The summed E-state index contributed by atoms with van der Waals surface area (Å²) in [5.74, 6) is 3.57. The molecule has 7 nitrogen and oxygen atoms in total. The van der Waals surface area contributed by atoms with Crippen molar-refractivity contribution in [2.75, 3.05) is 13.1 Å². The second kappa shape index (κ2) is 7.96. The van der Waals surface area contributed by atoms with Gasteiger partial charge in [0.1, 0.15) is 11.6 Å². The van der Waals surface area contributed by atoms with Crippen LogP contribution in [0.15, 0.2) is 42.9 Å². The van der Waals surface area contributed by atoms with E-state index in [-0.39, 0.29) is 5.91 Å². The fourth-order valence-electron chi connectivity index (χ4n) is 3.61. The van der Waals surface area contributed by atoms with Crippen molar-refractivity contribution in [2.45, 2.75) is 39.0 Å². The summed E-state index contributed by atoms with van der Waals surface area (Å²) in [5.41, 5.74) is 0.645. The molecule has 0 atom stereocenters. The Labute approximate surface area is 164 Å². The van der Waals surface area contributed by atoms with E-state index in [9.17, 15) is 4.79 Å². The van der Waals surface area contributed by atoms with E-state index < -0.39 is 0 Å². The zero-order chi connectivity index (χ0) is 19.5. The predicted molar refractivity (Wildman–Crippen MR) is 106 cm³/mol. The van der Waals surface area contributed by atoms with Crippen LogP contribution in [0.25, 0.3) is 5.82 Å². The van der Waals surface area contributed by atoms with Crippen molar-refractivity contribution >= 4 is 5.91 Å². The van der Waals surface area contributed by atoms with Gasteiger partial charge in [0.2, 0.25) is 0 Å². The Morgan fingerprint density at radius 1 is 1.21 bits per heavy atom. The molecule has 1 aliphatic heterocycles. The molecular weight excluding hydrogens is 352 g/mol. The second-order valence-electron chi connectivity index (χ2n) is 7.73. The Kier molecular flexibility index (Phi) is 5.23. The van der Waals surface area contributed by atoms with Gasteiger partial charge in [0.05, 0.1) is 5.56 Å². The van der Waals surface area contributed by atoms with Crippen LogP contribution in [0.1, 0.15) is 54.6 Å². The average Bonchev–Trinajstić information content (AvgIpc) is 3.40. The summed E-state index contributed by atoms with van der Waals surface area (Å²) in [4.78, 5) is 23.7. The number of pyridine rings is 1. The van der Waals surface area contributed by atoms with Crippen LogP contribution >= 0.6 is 0 Å². The molecule has 146 valence electrons. The Balaban J connectivity index is 1.32. The van der Waals surface area contributed by atoms with Gasteiger partial charge in [-0.3, -0.25) is 9.89 Å². The summed E-state index contributed by atoms with van der Waals surface area (Å²) in [5, 5.41) is 7.34. The van der Waals surface area contributed by atoms with Crippen LogP contribution in [0, 0.1) is 5.92 Å². The number of carbonyl (C=O) groups is 1. The molecule has 3 aromatic rings. The minimum Gasteiger partial charge on any atom is -0.339 e. The molecule has 0 unspecified atom stereocenters. The molecule has 4 rings (SSSR count). The summed E-state index contributed by atoms with van der Waals surface area (Å²) in [6.07, 6.45) is 8.41. The number of amides is 1. The van der Waals surface area contributed by atoms with Gasteiger partial charge in [-0.1, -0.05) is 13.8 Å². The van der Waals surface area contributed by atoms with Crippen molar-refractivity contribution in [3.05, 3.63) is 60.1 Å². The molecule has 1 saturated heterocycles. The Bertz CT molecular complexity index is 905. The molecule has 3 aromatic heterocycles. The van der Waals surface area contributed by atoms with Gasteiger partial charge < -0.3 is 9.47 Å². The molecule has 0 aromatic carbocycles. The highest BCUT2D eigenvalue weighted by Crippen LogP contribution is 2.22. The Morgan fingerprint density at radius 3 is 2.57 bits per heavy atom. The third kappa shape index (κ3) is 3.98. The molecule has 28 heavy (non-hydrogen) atoms. The smallest absolute Gasteiger partial charge is 0.255 e. The van der Waals surface area contributed by atoms with E-state index in [2.05, 4.69) is 34.0 Å². The topological polar surface area (TPSA) is 79.7 Å². The van der Waals surface area contributed by atoms with E-state index in [0.29, 0.717) is 17.4 Å². The zero-order valence-corrected chi connectivity index (χ0v) is 16.4. The minimum atomic E-state index is 0.0618. The number of H-pyrrole nitrogens is 1. The number of hydrogen-bond acceptors (Lipinski definition) is 4. The molecule has 1 fully saturated rings. The summed E-state index contributed by atoms with van der Waals surface area (Å²) < 4.78 is 1.92. The fraction of sp³-hybridized carbons (Fsp3) is 0.429. The standard InChI is InChI=1S/C21H26N6O/c1-15(2)20-23-18(24-25-20)13-16-7-11-27(12-8-16)21(28)17-5-6-19(22-14-17)26-9-3-4-10-26/h3-6,9-10,14-16H,7-8,11-13H2,1-2H3,(H,23,24,25). The van der Waals surface area contributed by atoms with Crippen LogP contribution in [0.2, 0.25) is 0 Å². The summed E-state index contributed by atoms with van der Waals surface area (Å²) >= 11 is 0. The number of likely N-dealkylation sites (tertiary alicyclic amines) is 1. The third-order valence-electron chi connectivity index (χ3n) is 5.31. The molecule has 1 aliphatic rings. The molecule has 1 N–H and O–H groups in total. The number of rotatable bonds is 5. The number of carbonyl (C=O) groups excluding carboxylic acids is 1. The lowest BCUT2D eigenvalue weighted by Gasteiger charge is -2.31. The fourth-order valence-corrected chi connectivity index (χ4v) is 3.61. The number of piperidine rings is 1. The highest BCUT2D eigenvalue weighted by molar-refractivity contribution is 5.94. The van der Waals surface area contributed by atoms with Crippen molar-refractivity contribution in [3.8, 4) is 5.82 Å². The van der Waals surface area contributed by atoms with Gasteiger partial charge in [0.25, 0.3) is 5.91 Å². The zero-order valence-electron chi connectivity index (χ0n) is 16.4. The van der Waals surface area contributed by atoms with Crippen LogP contribution in [-0.2, 0) is 6.42 Å². The number of hydrogen-bond donors (Lipinski definition) is 1. The molecule has 0 spiro atoms. The van der Waals surface area contributed by atoms with Crippen LogP contribution in [-0.4, -0.2) is 48.6 Å². The molecule has 1 amide bonds. The van der Waals surface area contributed by atoms with E-state index in [1.54, 1.807) is 6.20 Å². The number of aromatic nitrogens is 5. The highest BCUT2D eigenvalue weighted by Gasteiger charge is 2.25. The van der Waals surface area contributed by atoms with Crippen molar-refractivity contribution in [1.29, 1.82) is 0 Å². The highest BCUT2D eigenvalue weighted by atomic mass is 16.2. The van der Waals surface area contributed by atoms with Gasteiger partial charge in [-0.2, -0.15) is 5.10 Å². The van der Waals surface area contributed by atoms with Gasteiger partial charge in [0, 0.05) is 44.0 Å². The lowest BCUT2D eigenvalue weighted by Crippen LogP contribution is -2.39. The third-order valence-corrected chi connectivity index (χ3v) is 5.31. The normalized spacial score (nSPS) is 15.3. The number of nitrogens with one attached hydrogen (secondary N) is 1. The van der Waals surface area contributed by atoms with E-state index in [1.807, 2.05) is 46.1 Å². The number of nitrogens with zero attached hydrogens (tertiary/aromatic N) is 5. The number of aromatic amines is 1. The maximum absolute atomic E-state index is 12.8. The molecule has 7 heteroatoms. The maximum Gasteiger partial charge on any atom is 0.255 e. The molecule has 0 aliphatic carbocycles. The van der Waals surface area contributed by atoms with Crippen LogP contribution in [0.4, 0.5) is 0 Å². The first-order chi connectivity index (χ1) is 13.6. The monoisotopic (exact) mass is 378 g/mol. The molecular formula is C21H26N6O. The predicted octanol–water partition coefficient (Wildman–Crippen LogP) is 3.21. The second-order valence-corrected chi connectivity index (χ2v) is 7.73. The first-order valence-electron chi connectivity index (χ1n) is 9.90. The van der Waals surface area contributed by atoms with E-state index in [4.69, 9.17) is 0 Å². The summed E-state index contributed by atoms with van der Waals surface area (Å²) in [7, 11) is 0. The largest absolute Gasteiger partial charge is 0.339 e. The van der Waals surface area contributed by atoms with Crippen molar-refractivity contribution < 1.29 is 4.79 Å². The molecule has 4 heterocycles. The summed E-state index contributed by atoms with van der Waals surface area (Å²) in [6, 6.07) is 7.65. The van der Waals surface area contributed by atoms with Crippen molar-refractivity contribution in [1.82, 2.24) is 29.6 Å². The van der Waals surface area contributed by atoms with Crippen LogP contribution in [0.5, 0.6) is 0 Å². The minimum absolute atomic E-state index is 0.0618. The lowest BCUT2D eigenvalue weighted by molar-refractivity contribution is 0.0689. The Hall–Kier alpha value is -2.96. The van der Waals surface area contributed by atoms with Gasteiger partial charge in [-0.25, -0.2) is 9.97 Å². The van der Waals surface area contributed by atoms with Crippen molar-refractivity contribution in [3.63, 3.8) is 0 Å². The van der Waals surface area contributed by atoms with E-state index in [1.165, 1.54) is 0 Å². The molecule has 0 bridgehead atoms. The molecule has 0 radical (unpaired) electrons. The first-order valence-corrected chi connectivity index (χ1v) is 9.90. The van der Waals surface area contributed by atoms with Gasteiger partial charge in [-0.05, 0) is 43.0 Å². The maximum atomic E-state index is 12.8. The quantitative estimate of drug-likeness (QED) is 0.739. The van der Waals surface area contributed by atoms with E-state index in [0.717, 1.165) is 49.8 Å². The van der Waals surface area contributed by atoms with Gasteiger partial charge in [-0.15, -0.1) is 0 Å². The van der Waals surface area contributed by atoms with Gasteiger partial charge in [0.15, 0.2) is 5.82 Å². The first kappa shape index (κ1) is 18.4. The van der Waals surface area contributed by atoms with Crippen molar-refractivity contribution in [2.24, 2.45) is 5.92 Å². The van der Waals surface area contributed by atoms with Gasteiger partial charge >= 0.3 is 0 Å². The lowest BCUT2D eigenvalue weighted by atomic mass is 9.93. The van der Waals surface area contributed by atoms with Crippen LogP contribution in [0.3, 0.4) is 0 Å².